The normalized spacial score (nSPS) is 15.5. The summed E-state index contributed by atoms with van der Waals surface area (Å²) in [7, 11) is -0.352. The number of benzene rings is 4. The van der Waals surface area contributed by atoms with Crippen molar-refractivity contribution < 1.29 is 9.31 Å². The van der Waals surface area contributed by atoms with E-state index in [1.165, 1.54) is 22.3 Å². The third-order valence-electron chi connectivity index (χ3n) is 5.91. The molecule has 0 saturated carbocycles. The first-order chi connectivity index (χ1) is 15.6. The van der Waals surface area contributed by atoms with E-state index >= 15 is 0 Å². The van der Waals surface area contributed by atoms with Gasteiger partial charge in [0.05, 0.1) is 0 Å². The Morgan fingerprint density at radius 3 is 1.69 bits per heavy atom. The third-order valence-corrected chi connectivity index (χ3v) is 5.91. The first kappa shape index (κ1) is 20.8. The molecule has 0 amide bonds. The first-order valence-corrected chi connectivity index (χ1v) is 11.2. The van der Waals surface area contributed by atoms with Crippen LogP contribution in [-0.2, 0) is 9.31 Å². The standard InChI is InChI=1S/C29H27BO2/c1-29(2)20-31-30(32-21-29)26-18-24(22-11-5-3-6-12-22)17-25(19-26)28-16-10-9-15-27(28)23-13-7-4-8-14-23/h3-19H,20-21H2,1-2H3. The topological polar surface area (TPSA) is 18.5 Å². The zero-order valence-corrected chi connectivity index (χ0v) is 18.6. The van der Waals surface area contributed by atoms with E-state index in [0.29, 0.717) is 13.2 Å². The summed E-state index contributed by atoms with van der Waals surface area (Å²) in [5.41, 5.74) is 8.24. The van der Waals surface area contributed by atoms with Gasteiger partial charge in [0.25, 0.3) is 0 Å². The van der Waals surface area contributed by atoms with Crippen molar-refractivity contribution in [1.82, 2.24) is 0 Å². The van der Waals surface area contributed by atoms with Crippen LogP contribution < -0.4 is 5.46 Å². The van der Waals surface area contributed by atoms with Gasteiger partial charge in [0.1, 0.15) is 0 Å². The molecule has 0 radical (unpaired) electrons. The van der Waals surface area contributed by atoms with Crippen molar-refractivity contribution in [3.05, 3.63) is 103 Å². The summed E-state index contributed by atoms with van der Waals surface area (Å²) in [6.45, 7) is 5.71. The molecule has 32 heavy (non-hydrogen) atoms. The molecule has 4 aromatic carbocycles. The number of hydrogen-bond acceptors (Lipinski definition) is 2. The highest BCUT2D eigenvalue weighted by Gasteiger charge is 2.34. The second kappa shape index (κ2) is 8.78. The fourth-order valence-electron chi connectivity index (χ4n) is 4.23. The van der Waals surface area contributed by atoms with Crippen molar-refractivity contribution in [3.63, 3.8) is 0 Å². The second-order valence-corrected chi connectivity index (χ2v) is 9.24. The number of hydrogen-bond donors (Lipinski definition) is 0. The van der Waals surface area contributed by atoms with Crippen LogP contribution >= 0.6 is 0 Å². The van der Waals surface area contributed by atoms with Gasteiger partial charge in [0.2, 0.25) is 0 Å². The largest absolute Gasteiger partial charge is 0.493 e. The van der Waals surface area contributed by atoms with Gasteiger partial charge in [0.15, 0.2) is 0 Å². The molecule has 1 fully saturated rings. The van der Waals surface area contributed by atoms with Crippen LogP contribution in [-0.4, -0.2) is 20.3 Å². The van der Waals surface area contributed by atoms with E-state index in [2.05, 4.69) is 117 Å². The summed E-state index contributed by atoms with van der Waals surface area (Å²) < 4.78 is 12.3. The maximum Gasteiger partial charge on any atom is 0.493 e. The molecule has 1 aliphatic rings. The SMILES string of the molecule is CC1(C)COB(c2cc(-c3ccccc3)cc(-c3ccccc3-c3ccccc3)c2)OC1. The molecule has 1 saturated heterocycles. The summed E-state index contributed by atoms with van der Waals surface area (Å²) in [6.07, 6.45) is 0. The Labute approximate surface area is 191 Å². The molecule has 0 aliphatic carbocycles. The zero-order chi connectivity index (χ0) is 22.0. The Morgan fingerprint density at radius 2 is 1.06 bits per heavy atom. The van der Waals surface area contributed by atoms with E-state index in [1.54, 1.807) is 0 Å². The summed E-state index contributed by atoms with van der Waals surface area (Å²) in [6, 6.07) is 36.3. The van der Waals surface area contributed by atoms with Crippen molar-refractivity contribution in [2.24, 2.45) is 5.41 Å². The fraction of sp³-hybridized carbons (Fsp3) is 0.172. The van der Waals surface area contributed by atoms with Gasteiger partial charge in [-0.25, -0.2) is 0 Å². The Hall–Kier alpha value is -3.14. The molecule has 1 heterocycles. The van der Waals surface area contributed by atoms with Crippen LogP contribution in [0, 0.1) is 5.41 Å². The minimum absolute atomic E-state index is 0.0380. The molecule has 1 aliphatic heterocycles. The van der Waals surface area contributed by atoms with Crippen molar-refractivity contribution in [1.29, 1.82) is 0 Å². The van der Waals surface area contributed by atoms with Gasteiger partial charge in [-0.05, 0) is 44.9 Å². The first-order valence-electron chi connectivity index (χ1n) is 11.2. The molecule has 0 unspecified atom stereocenters. The monoisotopic (exact) mass is 418 g/mol. The lowest BCUT2D eigenvalue weighted by molar-refractivity contribution is 0.0343. The van der Waals surface area contributed by atoms with Crippen molar-refractivity contribution in [2.45, 2.75) is 13.8 Å². The van der Waals surface area contributed by atoms with Crippen LogP contribution in [0.3, 0.4) is 0 Å². The van der Waals surface area contributed by atoms with E-state index in [0.717, 1.165) is 16.6 Å². The van der Waals surface area contributed by atoms with Crippen LogP contribution in [0.4, 0.5) is 0 Å². The Kier molecular flexibility index (Phi) is 5.69. The van der Waals surface area contributed by atoms with Crippen LogP contribution in [0.1, 0.15) is 13.8 Å². The molecular weight excluding hydrogens is 391 g/mol. The molecule has 158 valence electrons. The van der Waals surface area contributed by atoms with E-state index in [-0.39, 0.29) is 12.5 Å². The average Bonchev–Trinajstić information content (AvgIpc) is 2.85. The van der Waals surface area contributed by atoms with Crippen LogP contribution in [0.2, 0.25) is 0 Å². The van der Waals surface area contributed by atoms with E-state index in [9.17, 15) is 0 Å². The summed E-state index contributed by atoms with van der Waals surface area (Å²) >= 11 is 0. The van der Waals surface area contributed by atoms with Gasteiger partial charge in [-0.3, -0.25) is 0 Å². The lowest BCUT2D eigenvalue weighted by Crippen LogP contribution is -2.47. The van der Waals surface area contributed by atoms with Crippen molar-refractivity contribution >= 4 is 12.6 Å². The molecule has 0 bridgehead atoms. The average molecular weight is 418 g/mol. The predicted molar refractivity (Wildman–Crippen MR) is 134 cm³/mol. The second-order valence-electron chi connectivity index (χ2n) is 9.24. The molecule has 0 atom stereocenters. The van der Waals surface area contributed by atoms with Crippen molar-refractivity contribution in [3.8, 4) is 33.4 Å². The zero-order valence-electron chi connectivity index (χ0n) is 18.6. The lowest BCUT2D eigenvalue weighted by Gasteiger charge is -2.33. The van der Waals surface area contributed by atoms with E-state index in [1.807, 2.05) is 0 Å². The highest BCUT2D eigenvalue weighted by atomic mass is 16.6. The van der Waals surface area contributed by atoms with Gasteiger partial charge in [0, 0.05) is 18.6 Å². The summed E-state index contributed by atoms with van der Waals surface area (Å²) in [4.78, 5) is 0. The van der Waals surface area contributed by atoms with Crippen LogP contribution in [0.5, 0.6) is 0 Å². The highest BCUT2D eigenvalue weighted by molar-refractivity contribution is 6.61. The van der Waals surface area contributed by atoms with Crippen LogP contribution in [0.15, 0.2) is 103 Å². The highest BCUT2D eigenvalue weighted by Crippen LogP contribution is 2.34. The molecular formula is C29H27BO2. The third kappa shape index (κ3) is 4.41. The fourth-order valence-corrected chi connectivity index (χ4v) is 4.23. The van der Waals surface area contributed by atoms with Gasteiger partial charge in [-0.2, -0.15) is 0 Å². The van der Waals surface area contributed by atoms with E-state index < -0.39 is 0 Å². The van der Waals surface area contributed by atoms with E-state index in [4.69, 9.17) is 9.31 Å². The van der Waals surface area contributed by atoms with Gasteiger partial charge in [-0.15, -0.1) is 0 Å². The Bertz CT molecular complexity index is 1190. The molecule has 4 aromatic rings. The predicted octanol–water partition coefficient (Wildman–Crippen LogP) is 6.46. The number of rotatable bonds is 4. The Balaban J connectivity index is 1.63. The lowest BCUT2D eigenvalue weighted by atomic mass is 9.73. The molecule has 3 heteroatoms. The van der Waals surface area contributed by atoms with Crippen LogP contribution in [0.25, 0.3) is 33.4 Å². The molecule has 0 aromatic heterocycles. The minimum Gasteiger partial charge on any atom is -0.407 e. The van der Waals surface area contributed by atoms with Gasteiger partial charge < -0.3 is 9.31 Å². The minimum atomic E-state index is -0.352. The van der Waals surface area contributed by atoms with Crippen molar-refractivity contribution in [2.75, 3.05) is 13.2 Å². The molecule has 5 rings (SSSR count). The maximum atomic E-state index is 6.15. The summed E-state index contributed by atoms with van der Waals surface area (Å²) in [5.74, 6) is 0. The smallest absolute Gasteiger partial charge is 0.407 e. The van der Waals surface area contributed by atoms with Gasteiger partial charge in [-0.1, -0.05) is 111 Å². The molecule has 0 spiro atoms. The quantitative estimate of drug-likeness (QED) is 0.355. The molecule has 0 N–H and O–H groups in total. The Morgan fingerprint density at radius 1 is 0.562 bits per heavy atom. The summed E-state index contributed by atoms with van der Waals surface area (Å²) in [5, 5.41) is 0. The molecule has 2 nitrogen and oxygen atoms in total. The van der Waals surface area contributed by atoms with Gasteiger partial charge >= 0.3 is 7.12 Å². The maximum absolute atomic E-state index is 6.15.